The lowest BCUT2D eigenvalue weighted by Gasteiger charge is -2.26. The highest BCUT2D eigenvalue weighted by Gasteiger charge is 2.21. The standard InChI is InChI=1S/C17H20N2O2S/c20-16(13-8-9-22-11-13)10-18-17(21)19-15-7-3-5-12-4-1-2-6-14(12)15/h1-2,4,6,8-9,11,15-16,20H,3,5,7,10H2,(H2,18,19,21). The van der Waals surface area contributed by atoms with Crippen LogP contribution in [0.2, 0.25) is 0 Å². The summed E-state index contributed by atoms with van der Waals surface area (Å²) in [6.07, 6.45) is 2.46. The van der Waals surface area contributed by atoms with Crippen LogP contribution in [-0.2, 0) is 6.42 Å². The molecule has 0 bridgehead atoms. The number of amides is 2. The SMILES string of the molecule is O=C(NCC(O)c1ccsc1)NC1CCCc2ccccc21. The first kappa shape index (κ1) is 15.1. The number of carbonyl (C=O) groups is 1. The van der Waals surface area contributed by atoms with E-state index in [1.54, 1.807) is 0 Å². The predicted molar refractivity (Wildman–Crippen MR) is 87.9 cm³/mol. The monoisotopic (exact) mass is 316 g/mol. The first-order chi connectivity index (χ1) is 10.7. The summed E-state index contributed by atoms with van der Waals surface area (Å²) in [6, 6.07) is 9.96. The van der Waals surface area contributed by atoms with E-state index >= 15 is 0 Å². The van der Waals surface area contributed by atoms with Gasteiger partial charge in [0.15, 0.2) is 0 Å². The van der Waals surface area contributed by atoms with Gasteiger partial charge in [0.25, 0.3) is 0 Å². The fraction of sp³-hybridized carbons (Fsp3) is 0.353. The number of aliphatic hydroxyl groups excluding tert-OH is 1. The van der Waals surface area contributed by atoms with Gasteiger partial charge in [-0.1, -0.05) is 24.3 Å². The summed E-state index contributed by atoms with van der Waals surface area (Å²) in [4.78, 5) is 12.1. The van der Waals surface area contributed by atoms with Crippen molar-refractivity contribution in [1.82, 2.24) is 10.6 Å². The van der Waals surface area contributed by atoms with Crippen molar-refractivity contribution in [2.24, 2.45) is 0 Å². The Morgan fingerprint density at radius 2 is 2.23 bits per heavy atom. The van der Waals surface area contributed by atoms with Gasteiger partial charge in [0.1, 0.15) is 0 Å². The molecular formula is C17H20N2O2S. The maximum Gasteiger partial charge on any atom is 0.315 e. The number of fused-ring (bicyclic) bond motifs is 1. The van der Waals surface area contributed by atoms with Crippen molar-refractivity contribution in [2.75, 3.05) is 6.54 Å². The van der Waals surface area contributed by atoms with Crippen LogP contribution in [-0.4, -0.2) is 17.7 Å². The lowest BCUT2D eigenvalue weighted by molar-refractivity contribution is 0.172. The van der Waals surface area contributed by atoms with Crippen molar-refractivity contribution in [3.05, 3.63) is 57.8 Å². The smallest absolute Gasteiger partial charge is 0.315 e. The number of aryl methyl sites for hydroxylation is 1. The molecule has 3 rings (SSSR count). The molecule has 22 heavy (non-hydrogen) atoms. The van der Waals surface area contributed by atoms with E-state index in [1.807, 2.05) is 29.0 Å². The number of hydrogen-bond donors (Lipinski definition) is 3. The molecule has 0 aliphatic heterocycles. The van der Waals surface area contributed by atoms with Gasteiger partial charge in [0.2, 0.25) is 0 Å². The zero-order valence-corrected chi connectivity index (χ0v) is 13.1. The van der Waals surface area contributed by atoms with Crippen LogP contribution >= 0.6 is 11.3 Å². The lowest BCUT2D eigenvalue weighted by atomic mass is 9.88. The molecule has 1 aliphatic carbocycles. The van der Waals surface area contributed by atoms with E-state index in [4.69, 9.17) is 0 Å². The van der Waals surface area contributed by atoms with Crippen LogP contribution in [0.3, 0.4) is 0 Å². The summed E-state index contributed by atoms with van der Waals surface area (Å²) < 4.78 is 0. The van der Waals surface area contributed by atoms with Crippen molar-refractivity contribution in [3.63, 3.8) is 0 Å². The molecule has 1 heterocycles. The Balaban J connectivity index is 1.54. The fourth-order valence-corrected chi connectivity index (χ4v) is 3.59. The second-order valence-electron chi connectivity index (χ2n) is 5.57. The molecule has 1 aliphatic rings. The highest BCUT2D eigenvalue weighted by molar-refractivity contribution is 7.07. The third-order valence-electron chi connectivity index (χ3n) is 4.06. The maximum absolute atomic E-state index is 12.1. The van der Waals surface area contributed by atoms with Crippen molar-refractivity contribution >= 4 is 17.4 Å². The van der Waals surface area contributed by atoms with E-state index < -0.39 is 6.10 Å². The van der Waals surface area contributed by atoms with Crippen LogP contribution in [0.15, 0.2) is 41.1 Å². The van der Waals surface area contributed by atoms with E-state index in [1.165, 1.54) is 22.5 Å². The Kier molecular flexibility index (Phi) is 4.75. The molecule has 2 amide bonds. The second-order valence-corrected chi connectivity index (χ2v) is 6.35. The Hall–Kier alpha value is -1.85. The molecule has 1 aromatic carbocycles. The Morgan fingerprint density at radius 1 is 1.36 bits per heavy atom. The van der Waals surface area contributed by atoms with E-state index in [-0.39, 0.29) is 18.6 Å². The Morgan fingerprint density at radius 3 is 3.05 bits per heavy atom. The van der Waals surface area contributed by atoms with Crippen LogP contribution in [0.4, 0.5) is 4.79 Å². The first-order valence-electron chi connectivity index (χ1n) is 7.56. The molecular weight excluding hydrogens is 296 g/mol. The number of nitrogens with one attached hydrogen (secondary N) is 2. The van der Waals surface area contributed by atoms with Crippen molar-refractivity contribution in [3.8, 4) is 0 Å². The second kappa shape index (κ2) is 6.94. The highest BCUT2D eigenvalue weighted by Crippen LogP contribution is 2.29. The number of hydrogen-bond acceptors (Lipinski definition) is 3. The number of urea groups is 1. The molecule has 4 nitrogen and oxygen atoms in total. The number of carbonyl (C=O) groups excluding carboxylic acids is 1. The van der Waals surface area contributed by atoms with E-state index in [2.05, 4.69) is 22.8 Å². The van der Waals surface area contributed by atoms with Gasteiger partial charge in [-0.3, -0.25) is 0 Å². The molecule has 0 spiro atoms. The van der Waals surface area contributed by atoms with Gasteiger partial charge < -0.3 is 15.7 Å². The largest absolute Gasteiger partial charge is 0.387 e. The Bertz CT molecular complexity index is 627. The summed E-state index contributed by atoms with van der Waals surface area (Å²) in [6.45, 7) is 0.219. The van der Waals surface area contributed by atoms with Gasteiger partial charge in [0, 0.05) is 6.54 Å². The zero-order valence-electron chi connectivity index (χ0n) is 12.3. The summed E-state index contributed by atoms with van der Waals surface area (Å²) in [7, 11) is 0. The van der Waals surface area contributed by atoms with E-state index in [0.717, 1.165) is 24.8 Å². The first-order valence-corrected chi connectivity index (χ1v) is 8.50. The average molecular weight is 316 g/mol. The van der Waals surface area contributed by atoms with Gasteiger partial charge >= 0.3 is 6.03 Å². The minimum Gasteiger partial charge on any atom is -0.387 e. The van der Waals surface area contributed by atoms with E-state index in [0.29, 0.717) is 0 Å². The Labute approximate surface area is 134 Å². The predicted octanol–water partition coefficient (Wildman–Crippen LogP) is 3.16. The van der Waals surface area contributed by atoms with Crippen LogP contribution < -0.4 is 10.6 Å². The number of aliphatic hydroxyl groups is 1. The maximum atomic E-state index is 12.1. The fourth-order valence-electron chi connectivity index (χ4n) is 2.88. The quantitative estimate of drug-likeness (QED) is 0.811. The molecule has 2 atom stereocenters. The number of benzene rings is 1. The molecule has 1 aromatic heterocycles. The summed E-state index contributed by atoms with van der Waals surface area (Å²) in [5, 5.41) is 19.6. The summed E-state index contributed by atoms with van der Waals surface area (Å²) >= 11 is 1.53. The topological polar surface area (TPSA) is 61.4 Å². The summed E-state index contributed by atoms with van der Waals surface area (Å²) in [5.74, 6) is 0. The molecule has 3 N–H and O–H groups in total. The van der Waals surface area contributed by atoms with Gasteiger partial charge in [-0.05, 0) is 52.8 Å². The number of thiophene rings is 1. The van der Waals surface area contributed by atoms with E-state index in [9.17, 15) is 9.90 Å². The summed E-state index contributed by atoms with van der Waals surface area (Å²) in [5.41, 5.74) is 3.37. The zero-order chi connectivity index (χ0) is 15.4. The van der Waals surface area contributed by atoms with Crippen LogP contribution in [0.25, 0.3) is 0 Å². The molecule has 0 radical (unpaired) electrons. The third-order valence-corrected chi connectivity index (χ3v) is 4.76. The molecule has 5 heteroatoms. The molecule has 116 valence electrons. The van der Waals surface area contributed by atoms with Crippen LogP contribution in [0.5, 0.6) is 0 Å². The molecule has 0 fully saturated rings. The highest BCUT2D eigenvalue weighted by atomic mass is 32.1. The van der Waals surface area contributed by atoms with Crippen molar-refractivity contribution in [1.29, 1.82) is 0 Å². The molecule has 2 unspecified atom stereocenters. The van der Waals surface area contributed by atoms with Crippen molar-refractivity contribution < 1.29 is 9.90 Å². The van der Waals surface area contributed by atoms with Gasteiger partial charge in [-0.25, -0.2) is 4.79 Å². The van der Waals surface area contributed by atoms with Crippen LogP contribution in [0, 0.1) is 0 Å². The van der Waals surface area contributed by atoms with Crippen molar-refractivity contribution in [2.45, 2.75) is 31.4 Å². The van der Waals surface area contributed by atoms with Gasteiger partial charge in [-0.15, -0.1) is 0 Å². The molecule has 2 aromatic rings. The molecule has 0 saturated heterocycles. The number of rotatable bonds is 4. The van der Waals surface area contributed by atoms with Crippen LogP contribution in [0.1, 0.15) is 41.7 Å². The van der Waals surface area contributed by atoms with Gasteiger partial charge in [0.05, 0.1) is 12.1 Å². The van der Waals surface area contributed by atoms with Gasteiger partial charge in [-0.2, -0.15) is 11.3 Å². The minimum absolute atomic E-state index is 0.0586. The lowest BCUT2D eigenvalue weighted by Crippen LogP contribution is -2.40. The molecule has 0 saturated carbocycles. The normalized spacial score (nSPS) is 18.3. The minimum atomic E-state index is -0.657. The third kappa shape index (κ3) is 3.48. The average Bonchev–Trinajstić information content (AvgIpc) is 3.07.